The standard InChI is InChI=1S/C18H25NO3/c1-21-15-11-12(3-4-14(15)20)5-9-19-16-13-6-10-22-17(13)18(16)7-2-8-18/h3-4,11,13,16-17,19-20H,2,5-10H2,1H3/t13-,16+,17+/m0/s1. The predicted octanol–water partition coefficient (Wildman–Crippen LogP) is 2.49. The van der Waals surface area contributed by atoms with Crippen LogP contribution in [0.5, 0.6) is 11.5 Å². The molecule has 3 aliphatic rings. The number of rotatable bonds is 5. The van der Waals surface area contributed by atoms with Crippen molar-refractivity contribution < 1.29 is 14.6 Å². The van der Waals surface area contributed by atoms with Crippen LogP contribution in [0.2, 0.25) is 0 Å². The second-order valence-electron chi connectivity index (χ2n) is 7.02. The Hall–Kier alpha value is -1.26. The third kappa shape index (κ3) is 2.04. The summed E-state index contributed by atoms with van der Waals surface area (Å²) in [4.78, 5) is 0. The van der Waals surface area contributed by atoms with Gasteiger partial charge >= 0.3 is 0 Å². The largest absolute Gasteiger partial charge is 0.504 e. The van der Waals surface area contributed by atoms with Gasteiger partial charge in [-0.1, -0.05) is 12.5 Å². The average molecular weight is 303 g/mol. The van der Waals surface area contributed by atoms with Gasteiger partial charge in [0.25, 0.3) is 0 Å². The summed E-state index contributed by atoms with van der Waals surface area (Å²) in [5, 5.41) is 13.5. The molecule has 1 saturated heterocycles. The van der Waals surface area contributed by atoms with E-state index in [0.717, 1.165) is 25.5 Å². The monoisotopic (exact) mass is 303 g/mol. The Morgan fingerprint density at radius 3 is 3.00 bits per heavy atom. The number of methoxy groups -OCH3 is 1. The summed E-state index contributed by atoms with van der Waals surface area (Å²) in [6, 6.07) is 6.26. The summed E-state index contributed by atoms with van der Waals surface area (Å²) in [5.74, 6) is 1.49. The molecule has 1 aromatic carbocycles. The number of hydrogen-bond acceptors (Lipinski definition) is 4. The molecule has 2 N–H and O–H groups in total. The molecule has 1 aromatic rings. The zero-order chi connectivity index (χ0) is 15.2. The fraction of sp³-hybridized carbons (Fsp3) is 0.667. The van der Waals surface area contributed by atoms with Gasteiger partial charge in [-0.05, 0) is 49.9 Å². The van der Waals surface area contributed by atoms with Crippen molar-refractivity contribution in [3.05, 3.63) is 23.8 Å². The molecule has 1 aliphatic heterocycles. The summed E-state index contributed by atoms with van der Waals surface area (Å²) < 4.78 is 11.1. The lowest BCUT2D eigenvalue weighted by molar-refractivity contribution is -0.175. The lowest BCUT2D eigenvalue weighted by atomic mass is 9.46. The molecule has 4 heteroatoms. The third-order valence-corrected chi connectivity index (χ3v) is 6.06. The molecule has 120 valence electrons. The first-order valence-electron chi connectivity index (χ1n) is 8.45. The van der Waals surface area contributed by atoms with Gasteiger partial charge in [0.15, 0.2) is 11.5 Å². The van der Waals surface area contributed by atoms with Crippen LogP contribution in [0.25, 0.3) is 0 Å². The Labute approximate surface area is 131 Å². The van der Waals surface area contributed by atoms with Crippen molar-refractivity contribution in [3.8, 4) is 11.5 Å². The van der Waals surface area contributed by atoms with Crippen LogP contribution in [0.15, 0.2) is 18.2 Å². The Morgan fingerprint density at radius 2 is 2.27 bits per heavy atom. The maximum absolute atomic E-state index is 9.65. The van der Waals surface area contributed by atoms with Crippen LogP contribution in [-0.4, -0.2) is 37.5 Å². The first kappa shape index (κ1) is 14.3. The van der Waals surface area contributed by atoms with E-state index in [1.807, 2.05) is 12.1 Å². The van der Waals surface area contributed by atoms with E-state index in [9.17, 15) is 5.11 Å². The molecule has 4 rings (SSSR count). The highest BCUT2D eigenvalue weighted by Crippen LogP contribution is 2.62. The van der Waals surface area contributed by atoms with Crippen LogP contribution in [-0.2, 0) is 11.2 Å². The number of ether oxygens (including phenoxy) is 2. The van der Waals surface area contributed by atoms with Crippen molar-refractivity contribution in [3.63, 3.8) is 0 Å². The van der Waals surface area contributed by atoms with E-state index in [-0.39, 0.29) is 5.75 Å². The van der Waals surface area contributed by atoms with E-state index in [4.69, 9.17) is 9.47 Å². The highest BCUT2D eigenvalue weighted by atomic mass is 16.5. The SMILES string of the molecule is COc1cc(CCN[C@@H]2[C@@H]3CCO[C@H]3C23CCC3)ccc1O. The Morgan fingerprint density at radius 1 is 1.41 bits per heavy atom. The molecule has 1 spiro atoms. The first-order valence-corrected chi connectivity index (χ1v) is 8.45. The molecule has 22 heavy (non-hydrogen) atoms. The highest BCUT2D eigenvalue weighted by molar-refractivity contribution is 5.41. The van der Waals surface area contributed by atoms with Crippen molar-refractivity contribution in [2.75, 3.05) is 20.3 Å². The number of fused-ring (bicyclic) bond motifs is 2. The van der Waals surface area contributed by atoms with Crippen molar-refractivity contribution in [2.24, 2.45) is 11.3 Å². The van der Waals surface area contributed by atoms with Gasteiger partial charge in [0.1, 0.15) is 0 Å². The van der Waals surface area contributed by atoms with Gasteiger partial charge in [0.05, 0.1) is 13.2 Å². The smallest absolute Gasteiger partial charge is 0.160 e. The van der Waals surface area contributed by atoms with E-state index >= 15 is 0 Å². The number of phenols is 1. The van der Waals surface area contributed by atoms with Crippen molar-refractivity contribution in [2.45, 2.75) is 44.2 Å². The van der Waals surface area contributed by atoms with Gasteiger partial charge in [0.2, 0.25) is 0 Å². The van der Waals surface area contributed by atoms with Crippen molar-refractivity contribution >= 4 is 0 Å². The Bertz CT molecular complexity index is 555. The van der Waals surface area contributed by atoms with Gasteiger partial charge in [0, 0.05) is 24.0 Å². The predicted molar refractivity (Wildman–Crippen MR) is 84.3 cm³/mol. The fourth-order valence-corrected chi connectivity index (χ4v) is 4.81. The maximum Gasteiger partial charge on any atom is 0.160 e. The first-order chi connectivity index (χ1) is 10.7. The average Bonchev–Trinajstić information content (AvgIpc) is 2.88. The molecule has 2 saturated carbocycles. The lowest BCUT2D eigenvalue weighted by Gasteiger charge is -2.63. The minimum Gasteiger partial charge on any atom is -0.504 e. The van der Waals surface area contributed by atoms with Gasteiger partial charge in [-0.15, -0.1) is 0 Å². The molecular formula is C18H25NO3. The second-order valence-corrected chi connectivity index (χ2v) is 7.02. The van der Waals surface area contributed by atoms with Gasteiger partial charge in [-0.3, -0.25) is 0 Å². The highest BCUT2D eigenvalue weighted by Gasteiger charge is 2.66. The van der Waals surface area contributed by atoms with E-state index in [1.165, 1.54) is 31.2 Å². The van der Waals surface area contributed by atoms with Crippen molar-refractivity contribution in [1.29, 1.82) is 0 Å². The van der Waals surface area contributed by atoms with Crippen LogP contribution in [0.1, 0.15) is 31.2 Å². The van der Waals surface area contributed by atoms with E-state index in [0.29, 0.717) is 23.3 Å². The molecule has 4 nitrogen and oxygen atoms in total. The number of benzene rings is 1. The fourth-order valence-electron chi connectivity index (χ4n) is 4.81. The second kappa shape index (κ2) is 5.43. The van der Waals surface area contributed by atoms with Gasteiger partial charge in [-0.2, -0.15) is 0 Å². The molecule has 0 amide bonds. The Balaban J connectivity index is 1.35. The number of hydrogen-bond donors (Lipinski definition) is 2. The summed E-state index contributed by atoms with van der Waals surface area (Å²) in [6.45, 7) is 1.92. The molecule has 0 unspecified atom stereocenters. The topological polar surface area (TPSA) is 50.7 Å². The van der Waals surface area contributed by atoms with Gasteiger partial charge in [-0.25, -0.2) is 0 Å². The van der Waals surface area contributed by atoms with Crippen LogP contribution in [0.4, 0.5) is 0 Å². The van der Waals surface area contributed by atoms with E-state index in [1.54, 1.807) is 13.2 Å². The minimum atomic E-state index is 0.206. The van der Waals surface area contributed by atoms with Crippen molar-refractivity contribution in [1.82, 2.24) is 5.32 Å². The maximum atomic E-state index is 9.65. The molecule has 0 bridgehead atoms. The summed E-state index contributed by atoms with van der Waals surface area (Å²) in [5.41, 5.74) is 1.65. The van der Waals surface area contributed by atoms with Crippen LogP contribution in [0, 0.1) is 11.3 Å². The minimum absolute atomic E-state index is 0.206. The molecule has 3 atom stereocenters. The zero-order valence-corrected chi connectivity index (χ0v) is 13.2. The summed E-state index contributed by atoms with van der Waals surface area (Å²) >= 11 is 0. The summed E-state index contributed by atoms with van der Waals surface area (Å²) in [6.07, 6.45) is 6.74. The number of phenolic OH excluding ortho intramolecular Hbond substituents is 1. The van der Waals surface area contributed by atoms with Crippen LogP contribution < -0.4 is 10.1 Å². The van der Waals surface area contributed by atoms with Crippen LogP contribution >= 0.6 is 0 Å². The van der Waals surface area contributed by atoms with E-state index in [2.05, 4.69) is 5.32 Å². The Kier molecular flexibility index (Phi) is 3.54. The number of nitrogens with one attached hydrogen (secondary N) is 1. The third-order valence-electron chi connectivity index (χ3n) is 6.06. The molecule has 0 aromatic heterocycles. The quantitative estimate of drug-likeness (QED) is 0.877. The molecular weight excluding hydrogens is 278 g/mol. The molecule has 1 heterocycles. The van der Waals surface area contributed by atoms with Crippen LogP contribution in [0.3, 0.4) is 0 Å². The molecule has 3 fully saturated rings. The van der Waals surface area contributed by atoms with Gasteiger partial charge < -0.3 is 19.9 Å². The number of aromatic hydroxyl groups is 1. The summed E-state index contributed by atoms with van der Waals surface area (Å²) in [7, 11) is 1.59. The molecule has 0 radical (unpaired) electrons. The zero-order valence-electron chi connectivity index (χ0n) is 13.2. The van der Waals surface area contributed by atoms with E-state index < -0.39 is 0 Å². The molecule has 2 aliphatic carbocycles. The lowest BCUT2D eigenvalue weighted by Crippen LogP contribution is -2.71. The normalized spacial score (nSPS) is 31.4.